The molecule has 0 fully saturated rings. The van der Waals surface area contributed by atoms with Crippen LogP contribution in [0.15, 0.2) is 45.8 Å². The van der Waals surface area contributed by atoms with E-state index in [-0.39, 0.29) is 15.6 Å². The monoisotopic (exact) mass is 393 g/mol. The zero-order valence-corrected chi connectivity index (χ0v) is 13.9. The molecule has 2 aromatic rings. The van der Waals surface area contributed by atoms with Gasteiger partial charge in [0.25, 0.3) is 10.0 Å². The summed E-state index contributed by atoms with van der Waals surface area (Å²) in [6, 6.07) is 8.00. The second-order valence-corrected chi connectivity index (χ2v) is 7.03. The normalized spacial score (nSPS) is 11.2. The molecule has 0 aliphatic rings. The van der Waals surface area contributed by atoms with Gasteiger partial charge in [-0.3, -0.25) is 4.72 Å². The van der Waals surface area contributed by atoms with Gasteiger partial charge in [-0.05, 0) is 36.4 Å². The molecule has 112 valence electrons. The fraction of sp³-hybridized carbons (Fsp3) is 0.0769. The Morgan fingerprint density at radius 2 is 1.95 bits per heavy atom. The van der Waals surface area contributed by atoms with E-state index in [4.69, 9.17) is 16.3 Å². The van der Waals surface area contributed by atoms with Crippen LogP contribution in [0.3, 0.4) is 0 Å². The van der Waals surface area contributed by atoms with Crippen molar-refractivity contribution in [3.8, 4) is 5.75 Å². The van der Waals surface area contributed by atoms with Crippen LogP contribution < -0.4 is 9.46 Å². The molecule has 8 heteroatoms. The van der Waals surface area contributed by atoms with Crippen molar-refractivity contribution in [3.05, 3.63) is 51.7 Å². The fourth-order valence-corrected chi connectivity index (χ4v) is 3.34. The summed E-state index contributed by atoms with van der Waals surface area (Å²) in [5, 5.41) is 0.150. The van der Waals surface area contributed by atoms with Gasteiger partial charge in [0.2, 0.25) is 0 Å². The molecule has 0 aromatic heterocycles. The molecule has 0 saturated carbocycles. The van der Waals surface area contributed by atoms with E-state index in [1.54, 1.807) is 0 Å². The van der Waals surface area contributed by atoms with Crippen LogP contribution >= 0.6 is 27.5 Å². The first kappa shape index (κ1) is 16.1. The minimum absolute atomic E-state index is 0.0874. The summed E-state index contributed by atoms with van der Waals surface area (Å²) in [6.07, 6.45) is 0. The van der Waals surface area contributed by atoms with Crippen LogP contribution in [0.25, 0.3) is 0 Å². The van der Waals surface area contributed by atoms with Crippen molar-refractivity contribution in [2.24, 2.45) is 0 Å². The number of sulfonamides is 1. The number of hydrogen-bond donors (Lipinski definition) is 1. The number of methoxy groups -OCH3 is 1. The van der Waals surface area contributed by atoms with Crippen molar-refractivity contribution in [1.29, 1.82) is 0 Å². The van der Waals surface area contributed by atoms with E-state index in [1.165, 1.54) is 43.5 Å². The SMILES string of the molecule is COc1ccc(S(=O)(=O)Nc2ccc(Br)cc2F)cc1Cl. The van der Waals surface area contributed by atoms with E-state index in [9.17, 15) is 12.8 Å². The van der Waals surface area contributed by atoms with Crippen LogP contribution in [0.2, 0.25) is 5.02 Å². The molecule has 4 nitrogen and oxygen atoms in total. The Bertz CT molecular complexity index is 783. The molecule has 0 unspecified atom stereocenters. The number of halogens is 3. The topological polar surface area (TPSA) is 55.4 Å². The van der Waals surface area contributed by atoms with Gasteiger partial charge in [0, 0.05) is 4.47 Å². The van der Waals surface area contributed by atoms with Crippen molar-refractivity contribution in [2.75, 3.05) is 11.8 Å². The van der Waals surface area contributed by atoms with Crippen LogP contribution in [-0.2, 0) is 10.0 Å². The lowest BCUT2D eigenvalue weighted by atomic mass is 10.3. The van der Waals surface area contributed by atoms with Crippen molar-refractivity contribution in [3.63, 3.8) is 0 Å². The highest BCUT2D eigenvalue weighted by Gasteiger charge is 2.18. The van der Waals surface area contributed by atoms with Gasteiger partial charge in [-0.15, -0.1) is 0 Å². The molecule has 0 aliphatic heterocycles. The molecule has 0 heterocycles. The summed E-state index contributed by atoms with van der Waals surface area (Å²) in [5.41, 5.74) is -0.148. The molecule has 1 N–H and O–H groups in total. The van der Waals surface area contributed by atoms with E-state index >= 15 is 0 Å². The zero-order valence-electron chi connectivity index (χ0n) is 10.7. The molecule has 0 spiro atoms. The highest BCUT2D eigenvalue weighted by molar-refractivity contribution is 9.10. The first-order chi connectivity index (χ1) is 9.83. The molecule has 0 radical (unpaired) electrons. The highest BCUT2D eigenvalue weighted by atomic mass is 79.9. The van der Waals surface area contributed by atoms with E-state index in [2.05, 4.69) is 20.7 Å². The van der Waals surface area contributed by atoms with Gasteiger partial charge in [-0.2, -0.15) is 0 Å². The molecule has 0 aliphatic carbocycles. The van der Waals surface area contributed by atoms with Crippen LogP contribution in [0.5, 0.6) is 5.75 Å². The third kappa shape index (κ3) is 3.66. The summed E-state index contributed by atoms with van der Waals surface area (Å²) in [6.45, 7) is 0. The lowest BCUT2D eigenvalue weighted by Crippen LogP contribution is -2.14. The Kier molecular flexibility index (Phi) is 4.75. The van der Waals surface area contributed by atoms with Gasteiger partial charge in [0.15, 0.2) is 0 Å². The lowest BCUT2D eigenvalue weighted by Gasteiger charge is -2.10. The van der Waals surface area contributed by atoms with Crippen LogP contribution in [-0.4, -0.2) is 15.5 Å². The molecule has 0 bridgehead atoms. The molecule has 0 saturated heterocycles. The molecule has 2 aromatic carbocycles. The Balaban J connectivity index is 2.36. The molecule has 0 amide bonds. The zero-order chi connectivity index (χ0) is 15.6. The number of ether oxygens (including phenoxy) is 1. The molecule has 2 rings (SSSR count). The summed E-state index contributed by atoms with van der Waals surface area (Å²) in [4.78, 5) is -0.0874. The van der Waals surface area contributed by atoms with Gasteiger partial charge in [-0.25, -0.2) is 12.8 Å². The van der Waals surface area contributed by atoms with E-state index in [0.29, 0.717) is 10.2 Å². The summed E-state index contributed by atoms with van der Waals surface area (Å²) >= 11 is 8.99. The second-order valence-electron chi connectivity index (χ2n) is 4.03. The van der Waals surface area contributed by atoms with Crippen molar-refractivity contribution < 1.29 is 17.5 Å². The number of benzene rings is 2. The van der Waals surface area contributed by atoms with Gasteiger partial charge in [0.1, 0.15) is 11.6 Å². The second kappa shape index (κ2) is 6.21. The molecular weight excluding hydrogens is 385 g/mol. The lowest BCUT2D eigenvalue weighted by molar-refractivity contribution is 0.414. The van der Waals surface area contributed by atoms with Gasteiger partial charge < -0.3 is 4.74 Å². The predicted molar refractivity (Wildman–Crippen MR) is 82.9 cm³/mol. The molecule has 0 atom stereocenters. The summed E-state index contributed by atoms with van der Waals surface area (Å²) in [5.74, 6) is -0.335. The largest absolute Gasteiger partial charge is 0.495 e. The standard InChI is InChI=1S/C13H10BrClFNO3S/c1-20-13-5-3-9(7-10(13)15)21(18,19)17-12-4-2-8(14)6-11(12)16/h2-7,17H,1H3. The van der Waals surface area contributed by atoms with Crippen LogP contribution in [0.1, 0.15) is 0 Å². The van der Waals surface area contributed by atoms with E-state index in [0.717, 1.165) is 0 Å². The average Bonchev–Trinajstić information content (AvgIpc) is 2.42. The Hall–Kier alpha value is -1.31. The Morgan fingerprint density at radius 1 is 1.24 bits per heavy atom. The summed E-state index contributed by atoms with van der Waals surface area (Å²) < 4.78 is 45.7. The van der Waals surface area contributed by atoms with E-state index in [1.807, 2.05) is 0 Å². The molecular formula is C13H10BrClFNO3S. The number of nitrogens with one attached hydrogen (secondary N) is 1. The quantitative estimate of drug-likeness (QED) is 0.851. The maximum absolute atomic E-state index is 13.7. The smallest absolute Gasteiger partial charge is 0.262 e. The first-order valence-electron chi connectivity index (χ1n) is 5.65. The number of hydrogen-bond acceptors (Lipinski definition) is 3. The van der Waals surface area contributed by atoms with Gasteiger partial charge >= 0.3 is 0 Å². The number of anilines is 1. The Labute approximate surface area is 135 Å². The van der Waals surface area contributed by atoms with E-state index < -0.39 is 15.8 Å². The van der Waals surface area contributed by atoms with Crippen molar-refractivity contribution in [1.82, 2.24) is 0 Å². The van der Waals surface area contributed by atoms with Crippen molar-refractivity contribution in [2.45, 2.75) is 4.90 Å². The van der Waals surface area contributed by atoms with Gasteiger partial charge in [0.05, 0.1) is 22.7 Å². The minimum Gasteiger partial charge on any atom is -0.495 e. The fourth-order valence-electron chi connectivity index (χ4n) is 1.59. The predicted octanol–water partition coefficient (Wildman–Crippen LogP) is 4.05. The van der Waals surface area contributed by atoms with Gasteiger partial charge in [-0.1, -0.05) is 27.5 Å². The Morgan fingerprint density at radius 3 is 2.52 bits per heavy atom. The average molecular weight is 395 g/mol. The molecule has 21 heavy (non-hydrogen) atoms. The van der Waals surface area contributed by atoms with Crippen molar-refractivity contribution >= 4 is 43.2 Å². The summed E-state index contributed by atoms with van der Waals surface area (Å²) in [7, 11) is -2.52. The third-order valence-electron chi connectivity index (χ3n) is 2.61. The maximum atomic E-state index is 13.7. The number of rotatable bonds is 4. The first-order valence-corrected chi connectivity index (χ1v) is 8.30. The highest BCUT2D eigenvalue weighted by Crippen LogP contribution is 2.28. The van der Waals surface area contributed by atoms with Crippen LogP contribution in [0.4, 0.5) is 10.1 Å². The van der Waals surface area contributed by atoms with Crippen LogP contribution in [0, 0.1) is 5.82 Å². The minimum atomic E-state index is -3.94. The third-order valence-corrected chi connectivity index (χ3v) is 4.76. The maximum Gasteiger partial charge on any atom is 0.262 e.